The van der Waals surface area contributed by atoms with Crippen LogP contribution in [0, 0.1) is 5.92 Å². The second-order valence-corrected chi connectivity index (χ2v) is 3.65. The van der Waals surface area contributed by atoms with Crippen molar-refractivity contribution in [2.24, 2.45) is 11.7 Å². The lowest BCUT2D eigenvalue weighted by Gasteiger charge is -2.23. The predicted octanol–water partition coefficient (Wildman–Crippen LogP) is -1.50. The lowest BCUT2D eigenvalue weighted by atomic mass is 10.0. The average molecular weight is 213 g/mol. The highest BCUT2D eigenvalue weighted by Gasteiger charge is 2.28. The fourth-order valence-corrected chi connectivity index (χ4v) is 1.25. The minimum Gasteiger partial charge on any atom is -0.344 e. The van der Waals surface area contributed by atoms with Gasteiger partial charge in [-0.25, -0.2) is 0 Å². The van der Waals surface area contributed by atoms with Crippen LogP contribution in [0.25, 0.3) is 0 Å². The summed E-state index contributed by atoms with van der Waals surface area (Å²) in [7, 11) is 0. The summed E-state index contributed by atoms with van der Waals surface area (Å²) in [6.45, 7) is 1.92. The van der Waals surface area contributed by atoms with Crippen molar-refractivity contribution in [2.45, 2.75) is 25.8 Å². The van der Waals surface area contributed by atoms with E-state index in [1.807, 2.05) is 0 Å². The first-order valence-electron chi connectivity index (χ1n) is 4.88. The maximum absolute atomic E-state index is 11.4. The molecule has 6 heteroatoms. The third-order valence-corrected chi connectivity index (χ3v) is 2.36. The Kier molecular flexibility index (Phi) is 3.79. The summed E-state index contributed by atoms with van der Waals surface area (Å²) in [4.78, 5) is 33.5. The molecule has 1 heterocycles. The molecular formula is C9H15N3O3. The van der Waals surface area contributed by atoms with Gasteiger partial charge in [0.15, 0.2) is 0 Å². The van der Waals surface area contributed by atoms with E-state index < -0.39 is 11.9 Å². The van der Waals surface area contributed by atoms with E-state index in [0.29, 0.717) is 6.42 Å². The quantitative estimate of drug-likeness (QED) is 0.497. The van der Waals surface area contributed by atoms with E-state index in [1.165, 1.54) is 0 Å². The largest absolute Gasteiger partial charge is 0.344 e. The monoisotopic (exact) mass is 213 g/mol. The Morgan fingerprint density at radius 3 is 2.87 bits per heavy atom. The van der Waals surface area contributed by atoms with E-state index in [9.17, 15) is 14.4 Å². The third kappa shape index (κ3) is 3.02. The Morgan fingerprint density at radius 2 is 2.33 bits per heavy atom. The van der Waals surface area contributed by atoms with E-state index >= 15 is 0 Å². The fourth-order valence-electron chi connectivity index (χ4n) is 1.25. The molecule has 0 aliphatic carbocycles. The molecule has 2 atom stereocenters. The van der Waals surface area contributed by atoms with Gasteiger partial charge in [-0.2, -0.15) is 0 Å². The van der Waals surface area contributed by atoms with Crippen molar-refractivity contribution >= 4 is 17.7 Å². The lowest BCUT2D eigenvalue weighted by Crippen LogP contribution is -2.53. The van der Waals surface area contributed by atoms with Crippen LogP contribution in [0.4, 0.5) is 0 Å². The molecule has 0 spiro atoms. The molecule has 6 nitrogen and oxygen atoms in total. The molecule has 1 saturated heterocycles. The van der Waals surface area contributed by atoms with Gasteiger partial charge in [-0.3, -0.25) is 19.7 Å². The summed E-state index contributed by atoms with van der Waals surface area (Å²) >= 11 is 0. The summed E-state index contributed by atoms with van der Waals surface area (Å²) in [6, 6.07) is -0.607. The number of imide groups is 1. The fraction of sp³-hybridized carbons (Fsp3) is 0.667. The Morgan fingerprint density at radius 1 is 1.67 bits per heavy atom. The van der Waals surface area contributed by atoms with Gasteiger partial charge in [-0.1, -0.05) is 6.92 Å². The van der Waals surface area contributed by atoms with Crippen molar-refractivity contribution < 1.29 is 14.4 Å². The van der Waals surface area contributed by atoms with Gasteiger partial charge < -0.3 is 11.1 Å². The van der Waals surface area contributed by atoms with Crippen LogP contribution in [-0.2, 0) is 14.4 Å². The van der Waals surface area contributed by atoms with Crippen molar-refractivity contribution in [1.82, 2.24) is 10.6 Å². The maximum Gasteiger partial charge on any atom is 0.249 e. The number of amides is 3. The Balaban J connectivity index is 2.48. The number of hydrogen-bond acceptors (Lipinski definition) is 4. The topological polar surface area (TPSA) is 101 Å². The highest BCUT2D eigenvalue weighted by Crippen LogP contribution is 2.05. The molecule has 1 aliphatic heterocycles. The summed E-state index contributed by atoms with van der Waals surface area (Å²) < 4.78 is 0. The molecule has 2 unspecified atom stereocenters. The zero-order chi connectivity index (χ0) is 11.4. The smallest absolute Gasteiger partial charge is 0.249 e. The number of carbonyl (C=O) groups excluding carboxylic acids is 3. The normalized spacial score (nSPS) is 23.2. The summed E-state index contributed by atoms with van der Waals surface area (Å²) in [5, 5.41) is 4.72. The van der Waals surface area contributed by atoms with Gasteiger partial charge in [-0.15, -0.1) is 0 Å². The molecular weight excluding hydrogens is 198 g/mol. The van der Waals surface area contributed by atoms with Gasteiger partial charge in [0.05, 0.1) is 0 Å². The maximum atomic E-state index is 11.4. The summed E-state index contributed by atoms with van der Waals surface area (Å²) in [6.07, 6.45) is 0.612. The molecule has 0 aromatic rings. The van der Waals surface area contributed by atoms with Gasteiger partial charge in [0.25, 0.3) is 0 Å². The molecule has 84 valence electrons. The highest BCUT2D eigenvalue weighted by atomic mass is 16.2. The van der Waals surface area contributed by atoms with E-state index in [2.05, 4.69) is 10.6 Å². The van der Waals surface area contributed by atoms with Gasteiger partial charge in [0, 0.05) is 18.9 Å². The number of nitrogens with two attached hydrogens (primary N) is 1. The minimum absolute atomic E-state index is 0.235. The minimum atomic E-state index is -0.607. The molecule has 0 aromatic heterocycles. The van der Waals surface area contributed by atoms with Crippen molar-refractivity contribution in [3.63, 3.8) is 0 Å². The lowest BCUT2D eigenvalue weighted by molar-refractivity contribution is -0.137. The highest BCUT2D eigenvalue weighted by molar-refractivity contribution is 6.01. The van der Waals surface area contributed by atoms with Crippen LogP contribution in [0.3, 0.4) is 0 Å². The molecule has 3 amide bonds. The van der Waals surface area contributed by atoms with Gasteiger partial charge in [-0.05, 0) is 6.42 Å². The molecule has 0 aromatic carbocycles. The Labute approximate surface area is 87.6 Å². The van der Waals surface area contributed by atoms with Crippen LogP contribution in [-0.4, -0.2) is 30.3 Å². The standard InChI is InChI=1S/C9H15N3O3/c1-5(4-10)8(14)11-6-2-3-7(13)12-9(6)15/h5-6H,2-4,10H2,1H3,(H,11,14)(H,12,13,15). The zero-order valence-corrected chi connectivity index (χ0v) is 8.58. The first-order chi connectivity index (χ1) is 7.04. The van der Waals surface area contributed by atoms with Crippen LogP contribution in [0.2, 0.25) is 0 Å². The Bertz CT molecular complexity index is 290. The number of carbonyl (C=O) groups is 3. The van der Waals surface area contributed by atoms with Gasteiger partial charge in [0.1, 0.15) is 6.04 Å². The molecule has 0 radical (unpaired) electrons. The number of rotatable bonds is 3. The zero-order valence-electron chi connectivity index (χ0n) is 8.58. The van der Waals surface area contributed by atoms with Crippen LogP contribution in [0.1, 0.15) is 19.8 Å². The van der Waals surface area contributed by atoms with Crippen molar-refractivity contribution in [2.75, 3.05) is 6.54 Å². The second-order valence-electron chi connectivity index (χ2n) is 3.65. The second kappa shape index (κ2) is 4.88. The van der Waals surface area contributed by atoms with Gasteiger partial charge >= 0.3 is 0 Å². The average Bonchev–Trinajstić information content (AvgIpc) is 2.20. The van der Waals surface area contributed by atoms with Crippen LogP contribution in [0.15, 0.2) is 0 Å². The molecule has 4 N–H and O–H groups in total. The van der Waals surface area contributed by atoms with Crippen molar-refractivity contribution in [1.29, 1.82) is 0 Å². The number of hydrogen-bond donors (Lipinski definition) is 3. The Hall–Kier alpha value is -1.43. The molecule has 1 fully saturated rings. The molecule has 15 heavy (non-hydrogen) atoms. The van der Waals surface area contributed by atoms with Gasteiger partial charge in [0.2, 0.25) is 17.7 Å². The van der Waals surface area contributed by atoms with E-state index in [1.54, 1.807) is 6.92 Å². The van der Waals surface area contributed by atoms with E-state index in [0.717, 1.165) is 0 Å². The van der Waals surface area contributed by atoms with E-state index in [-0.39, 0.29) is 30.7 Å². The van der Waals surface area contributed by atoms with Crippen LogP contribution < -0.4 is 16.4 Å². The molecule has 0 bridgehead atoms. The molecule has 1 rings (SSSR count). The third-order valence-electron chi connectivity index (χ3n) is 2.36. The molecule has 0 saturated carbocycles. The van der Waals surface area contributed by atoms with Crippen LogP contribution in [0.5, 0.6) is 0 Å². The number of piperidine rings is 1. The summed E-state index contributed by atoms with van der Waals surface area (Å²) in [5.74, 6) is -1.32. The first-order valence-corrected chi connectivity index (χ1v) is 4.88. The van der Waals surface area contributed by atoms with Crippen molar-refractivity contribution in [3.8, 4) is 0 Å². The first kappa shape index (κ1) is 11.6. The van der Waals surface area contributed by atoms with Crippen LogP contribution >= 0.6 is 0 Å². The summed E-state index contributed by atoms with van der Waals surface area (Å²) in [5.41, 5.74) is 5.32. The SMILES string of the molecule is CC(CN)C(=O)NC1CCC(=O)NC1=O. The van der Waals surface area contributed by atoms with Crippen molar-refractivity contribution in [3.05, 3.63) is 0 Å². The van der Waals surface area contributed by atoms with E-state index in [4.69, 9.17) is 5.73 Å². The number of nitrogens with one attached hydrogen (secondary N) is 2. The predicted molar refractivity (Wildman–Crippen MR) is 52.5 cm³/mol. The molecule has 1 aliphatic rings.